The number of ether oxygens (including phenoxy) is 1. The monoisotopic (exact) mass is 403 g/mol. The van der Waals surface area contributed by atoms with Crippen LogP contribution in [0.3, 0.4) is 0 Å². The van der Waals surface area contributed by atoms with Gasteiger partial charge in [0.05, 0.1) is 23.0 Å². The van der Waals surface area contributed by atoms with E-state index >= 15 is 0 Å². The van der Waals surface area contributed by atoms with Crippen molar-refractivity contribution in [3.8, 4) is 23.1 Å². The minimum Gasteiger partial charge on any atom is -0.493 e. The van der Waals surface area contributed by atoms with Crippen molar-refractivity contribution in [1.29, 1.82) is 0 Å². The van der Waals surface area contributed by atoms with Gasteiger partial charge in [-0.1, -0.05) is 24.3 Å². The number of aryl methyl sites for hydroxylation is 2. The number of benzene rings is 1. The minimum absolute atomic E-state index is 0.0111. The van der Waals surface area contributed by atoms with Gasteiger partial charge in [-0.05, 0) is 37.0 Å². The molecule has 0 saturated carbocycles. The van der Waals surface area contributed by atoms with Crippen molar-refractivity contribution in [3.05, 3.63) is 65.9 Å². The fraction of sp³-hybridized carbons (Fsp3) is 0.217. The van der Waals surface area contributed by atoms with Gasteiger partial charge in [0.15, 0.2) is 0 Å². The van der Waals surface area contributed by atoms with Crippen molar-refractivity contribution in [2.45, 2.75) is 25.8 Å². The molecule has 0 atom stereocenters. The standard InChI is InChI=1S/C23H21N3O4/c27-19-10-9-18-21(25-19)17(11-12-24-23(28)30-20-8-4-14-29-20)22-16-7-2-1-5-15(16)6-3-13-26(18)22/h1-2,4-5,7-10,14H,3,6,11-13H2,(H,24,28)(H,25,27). The number of amides is 1. The van der Waals surface area contributed by atoms with Gasteiger partial charge in [-0.15, -0.1) is 0 Å². The van der Waals surface area contributed by atoms with Crippen molar-refractivity contribution >= 4 is 17.1 Å². The first-order valence-corrected chi connectivity index (χ1v) is 9.99. The molecule has 7 heteroatoms. The van der Waals surface area contributed by atoms with Crippen LogP contribution in [0.4, 0.5) is 4.79 Å². The van der Waals surface area contributed by atoms with Crippen LogP contribution in [0.2, 0.25) is 0 Å². The zero-order chi connectivity index (χ0) is 20.5. The number of pyridine rings is 1. The lowest BCUT2D eigenvalue weighted by molar-refractivity contribution is 0.187. The predicted octanol–water partition coefficient (Wildman–Crippen LogP) is 4.28. The van der Waals surface area contributed by atoms with E-state index in [1.54, 1.807) is 18.2 Å². The van der Waals surface area contributed by atoms with Gasteiger partial charge in [-0.2, -0.15) is 0 Å². The zero-order valence-corrected chi connectivity index (χ0v) is 16.3. The fourth-order valence-electron chi connectivity index (χ4n) is 4.19. The van der Waals surface area contributed by atoms with Crippen LogP contribution in [-0.4, -0.2) is 27.3 Å². The third-order valence-corrected chi connectivity index (χ3v) is 5.42. The van der Waals surface area contributed by atoms with Crippen molar-refractivity contribution in [3.63, 3.8) is 0 Å². The van der Waals surface area contributed by atoms with Crippen LogP contribution in [0.25, 0.3) is 22.3 Å². The Kier molecular flexibility index (Phi) is 4.63. The molecule has 0 bridgehead atoms. The van der Waals surface area contributed by atoms with E-state index in [2.05, 4.69) is 33.1 Å². The molecule has 2 N–H and O–H groups in total. The van der Waals surface area contributed by atoms with E-state index in [-0.39, 0.29) is 11.8 Å². The SMILES string of the molecule is O=C(NCCc1c2n(c3ccc(O)nc13)CCCc1ccccc1-2)Oc1ccco1. The molecular weight excluding hydrogens is 382 g/mol. The number of carbonyl (C=O) groups is 1. The van der Waals surface area contributed by atoms with E-state index in [4.69, 9.17) is 9.15 Å². The number of nitrogens with zero attached hydrogens (tertiary/aromatic N) is 2. The summed E-state index contributed by atoms with van der Waals surface area (Å²) < 4.78 is 12.4. The van der Waals surface area contributed by atoms with Gasteiger partial charge in [0.2, 0.25) is 5.88 Å². The molecule has 1 aromatic carbocycles. The van der Waals surface area contributed by atoms with Crippen LogP contribution in [0.15, 0.2) is 59.2 Å². The average molecular weight is 403 g/mol. The second kappa shape index (κ2) is 7.59. The highest BCUT2D eigenvalue weighted by atomic mass is 16.6. The molecule has 30 heavy (non-hydrogen) atoms. The van der Waals surface area contributed by atoms with Gasteiger partial charge in [-0.25, -0.2) is 9.78 Å². The van der Waals surface area contributed by atoms with E-state index < -0.39 is 6.09 Å². The van der Waals surface area contributed by atoms with Gasteiger partial charge in [0, 0.05) is 36.3 Å². The van der Waals surface area contributed by atoms with Gasteiger partial charge in [0.1, 0.15) is 0 Å². The maximum absolute atomic E-state index is 12.0. The number of nitrogens with one attached hydrogen (secondary N) is 1. The Hall–Kier alpha value is -3.74. The summed E-state index contributed by atoms with van der Waals surface area (Å²) >= 11 is 0. The number of hydrogen-bond donors (Lipinski definition) is 2. The first kappa shape index (κ1) is 18.3. The van der Waals surface area contributed by atoms with E-state index in [1.807, 2.05) is 12.1 Å². The molecule has 1 aliphatic heterocycles. The number of aromatic nitrogens is 2. The number of carbonyl (C=O) groups excluding carboxylic acids is 1. The molecular formula is C23H21N3O4. The Morgan fingerprint density at radius 3 is 2.97 bits per heavy atom. The third-order valence-electron chi connectivity index (χ3n) is 5.42. The first-order chi connectivity index (χ1) is 14.7. The van der Waals surface area contributed by atoms with E-state index in [0.29, 0.717) is 13.0 Å². The Morgan fingerprint density at radius 1 is 1.20 bits per heavy atom. The molecule has 0 saturated heterocycles. The van der Waals surface area contributed by atoms with Crippen LogP contribution in [0, 0.1) is 0 Å². The summed E-state index contributed by atoms with van der Waals surface area (Å²) in [6, 6.07) is 15.2. The molecule has 4 aromatic rings. The quantitative estimate of drug-likeness (QED) is 0.531. The second-order valence-electron chi connectivity index (χ2n) is 7.28. The van der Waals surface area contributed by atoms with E-state index in [0.717, 1.165) is 41.7 Å². The lowest BCUT2D eigenvalue weighted by Crippen LogP contribution is -2.28. The molecule has 0 fully saturated rings. The molecule has 0 unspecified atom stereocenters. The Labute approximate surface area is 172 Å². The van der Waals surface area contributed by atoms with Crippen LogP contribution in [-0.2, 0) is 19.4 Å². The predicted molar refractivity (Wildman–Crippen MR) is 112 cm³/mol. The maximum Gasteiger partial charge on any atom is 0.415 e. The highest BCUT2D eigenvalue weighted by Gasteiger charge is 2.23. The third kappa shape index (κ3) is 3.28. The van der Waals surface area contributed by atoms with Crippen molar-refractivity contribution in [1.82, 2.24) is 14.9 Å². The normalized spacial score (nSPS) is 12.8. The Balaban J connectivity index is 1.49. The highest BCUT2D eigenvalue weighted by Crippen LogP contribution is 2.38. The first-order valence-electron chi connectivity index (χ1n) is 9.99. The van der Waals surface area contributed by atoms with Crippen molar-refractivity contribution in [2.24, 2.45) is 0 Å². The van der Waals surface area contributed by atoms with Gasteiger partial charge in [0.25, 0.3) is 5.95 Å². The molecule has 5 rings (SSSR count). The van der Waals surface area contributed by atoms with Crippen LogP contribution in [0.1, 0.15) is 17.5 Å². The summed E-state index contributed by atoms with van der Waals surface area (Å²) in [6.07, 6.45) is 3.47. The summed E-state index contributed by atoms with van der Waals surface area (Å²) in [5, 5.41) is 12.8. The zero-order valence-electron chi connectivity index (χ0n) is 16.3. The van der Waals surface area contributed by atoms with Gasteiger partial charge < -0.3 is 24.1 Å². The van der Waals surface area contributed by atoms with E-state index in [9.17, 15) is 9.90 Å². The number of aromatic hydroxyl groups is 1. The molecule has 152 valence electrons. The largest absolute Gasteiger partial charge is 0.493 e. The molecule has 7 nitrogen and oxygen atoms in total. The van der Waals surface area contributed by atoms with Crippen LogP contribution < -0.4 is 10.1 Å². The highest BCUT2D eigenvalue weighted by molar-refractivity contribution is 5.90. The molecule has 4 heterocycles. The number of hydrogen-bond acceptors (Lipinski definition) is 5. The summed E-state index contributed by atoms with van der Waals surface area (Å²) in [4.78, 5) is 16.5. The van der Waals surface area contributed by atoms with Gasteiger partial charge >= 0.3 is 6.09 Å². The summed E-state index contributed by atoms with van der Waals surface area (Å²) in [5.41, 5.74) is 6.36. The summed E-state index contributed by atoms with van der Waals surface area (Å²) in [5.74, 6) is 0.138. The number of furan rings is 1. The molecule has 0 radical (unpaired) electrons. The maximum atomic E-state index is 12.0. The molecule has 1 aliphatic rings. The van der Waals surface area contributed by atoms with Crippen molar-refractivity contribution < 1.29 is 19.1 Å². The smallest absolute Gasteiger partial charge is 0.415 e. The van der Waals surface area contributed by atoms with E-state index in [1.165, 1.54) is 17.4 Å². The number of fused-ring (bicyclic) bond motifs is 5. The molecule has 3 aromatic heterocycles. The lowest BCUT2D eigenvalue weighted by atomic mass is 9.98. The summed E-state index contributed by atoms with van der Waals surface area (Å²) in [7, 11) is 0. The molecule has 0 spiro atoms. The van der Waals surface area contributed by atoms with Crippen LogP contribution >= 0.6 is 0 Å². The fourth-order valence-corrected chi connectivity index (χ4v) is 4.19. The molecule has 1 amide bonds. The van der Waals surface area contributed by atoms with Gasteiger partial charge in [-0.3, -0.25) is 0 Å². The Bertz CT molecular complexity index is 1210. The topological polar surface area (TPSA) is 89.5 Å². The summed E-state index contributed by atoms with van der Waals surface area (Å²) in [6.45, 7) is 1.24. The van der Waals surface area contributed by atoms with Crippen LogP contribution in [0.5, 0.6) is 11.8 Å². The average Bonchev–Trinajstić information content (AvgIpc) is 3.29. The minimum atomic E-state index is -0.573. The molecule has 0 aliphatic carbocycles. The lowest BCUT2D eigenvalue weighted by Gasteiger charge is -2.11. The Morgan fingerprint density at radius 2 is 2.10 bits per heavy atom. The second-order valence-corrected chi connectivity index (χ2v) is 7.28. The number of rotatable bonds is 4. The van der Waals surface area contributed by atoms with Crippen molar-refractivity contribution in [2.75, 3.05) is 6.54 Å².